The highest BCUT2D eigenvalue weighted by molar-refractivity contribution is 5.29. The van der Waals surface area contributed by atoms with Crippen LogP contribution in [0.1, 0.15) is 31.9 Å². The van der Waals surface area contributed by atoms with Gasteiger partial charge in [0.15, 0.2) is 0 Å². The third kappa shape index (κ3) is 3.84. The Labute approximate surface area is 120 Å². The second kappa shape index (κ2) is 7.10. The van der Waals surface area contributed by atoms with E-state index in [1.807, 2.05) is 35.3 Å². The van der Waals surface area contributed by atoms with E-state index < -0.39 is 0 Å². The summed E-state index contributed by atoms with van der Waals surface area (Å²) in [5.41, 5.74) is 1.29. The van der Waals surface area contributed by atoms with Crippen molar-refractivity contribution in [2.45, 2.75) is 38.9 Å². The summed E-state index contributed by atoms with van der Waals surface area (Å²) in [4.78, 5) is 0. The van der Waals surface area contributed by atoms with E-state index in [9.17, 15) is 0 Å². The van der Waals surface area contributed by atoms with Crippen molar-refractivity contribution in [2.75, 3.05) is 7.11 Å². The van der Waals surface area contributed by atoms with E-state index in [1.54, 1.807) is 7.11 Å². The molecule has 1 aromatic carbocycles. The normalized spacial score (nSPS) is 13.9. The molecule has 1 aromatic heterocycles. The van der Waals surface area contributed by atoms with Crippen LogP contribution in [0.15, 0.2) is 42.7 Å². The summed E-state index contributed by atoms with van der Waals surface area (Å²) in [6.07, 6.45) is 4.86. The number of nitrogens with zero attached hydrogens (tertiary/aromatic N) is 2. The monoisotopic (exact) mass is 273 g/mol. The predicted octanol–water partition coefficient (Wildman–Crippen LogP) is 3.02. The van der Waals surface area contributed by atoms with Gasteiger partial charge in [0.25, 0.3) is 0 Å². The molecule has 4 nitrogen and oxygen atoms in total. The minimum Gasteiger partial charge on any atom is -0.497 e. The van der Waals surface area contributed by atoms with E-state index in [2.05, 4.69) is 36.4 Å². The SMILES string of the molecule is CCC(NC(C)Cn1cccn1)c1ccc(OC)cc1. The quantitative estimate of drug-likeness (QED) is 0.843. The molecule has 0 radical (unpaired) electrons. The van der Waals surface area contributed by atoms with E-state index in [0.717, 1.165) is 18.7 Å². The molecule has 4 heteroatoms. The number of nitrogens with one attached hydrogen (secondary N) is 1. The van der Waals surface area contributed by atoms with Gasteiger partial charge in [-0.05, 0) is 37.1 Å². The van der Waals surface area contributed by atoms with Crippen LogP contribution < -0.4 is 10.1 Å². The average Bonchev–Trinajstić information content (AvgIpc) is 2.97. The van der Waals surface area contributed by atoms with Crippen LogP contribution in [0.4, 0.5) is 0 Å². The van der Waals surface area contributed by atoms with Crippen LogP contribution in [0.5, 0.6) is 5.75 Å². The van der Waals surface area contributed by atoms with Gasteiger partial charge in [-0.2, -0.15) is 5.10 Å². The molecule has 0 aliphatic heterocycles. The van der Waals surface area contributed by atoms with Gasteiger partial charge in [-0.25, -0.2) is 0 Å². The van der Waals surface area contributed by atoms with Crippen molar-refractivity contribution in [3.8, 4) is 5.75 Å². The maximum atomic E-state index is 5.20. The van der Waals surface area contributed by atoms with Gasteiger partial charge in [-0.3, -0.25) is 4.68 Å². The molecule has 0 aliphatic carbocycles. The number of methoxy groups -OCH3 is 1. The first-order chi connectivity index (χ1) is 9.72. The molecule has 1 heterocycles. The zero-order valence-corrected chi connectivity index (χ0v) is 12.4. The third-order valence-corrected chi connectivity index (χ3v) is 3.43. The van der Waals surface area contributed by atoms with Crippen LogP contribution in [0, 0.1) is 0 Å². The van der Waals surface area contributed by atoms with Crippen LogP contribution >= 0.6 is 0 Å². The van der Waals surface area contributed by atoms with Gasteiger partial charge in [-0.15, -0.1) is 0 Å². The van der Waals surface area contributed by atoms with Gasteiger partial charge >= 0.3 is 0 Å². The van der Waals surface area contributed by atoms with Gasteiger partial charge in [0.05, 0.1) is 13.7 Å². The van der Waals surface area contributed by atoms with Crippen LogP contribution in [0.2, 0.25) is 0 Å². The fraction of sp³-hybridized carbons (Fsp3) is 0.438. The third-order valence-electron chi connectivity index (χ3n) is 3.43. The highest BCUT2D eigenvalue weighted by atomic mass is 16.5. The van der Waals surface area contributed by atoms with Crippen molar-refractivity contribution in [3.05, 3.63) is 48.3 Å². The summed E-state index contributed by atoms with van der Waals surface area (Å²) in [6.45, 7) is 5.26. The van der Waals surface area contributed by atoms with Crippen LogP contribution in [0.25, 0.3) is 0 Å². The molecule has 0 saturated carbocycles. The van der Waals surface area contributed by atoms with Crippen LogP contribution in [-0.2, 0) is 6.54 Å². The molecule has 2 rings (SSSR count). The van der Waals surface area contributed by atoms with Gasteiger partial charge in [0, 0.05) is 24.5 Å². The zero-order chi connectivity index (χ0) is 14.4. The Morgan fingerprint density at radius 1 is 1.30 bits per heavy atom. The Kier molecular flexibility index (Phi) is 5.18. The van der Waals surface area contributed by atoms with E-state index >= 15 is 0 Å². The summed E-state index contributed by atoms with van der Waals surface area (Å²) in [7, 11) is 1.69. The topological polar surface area (TPSA) is 39.1 Å². The maximum absolute atomic E-state index is 5.20. The minimum absolute atomic E-state index is 0.353. The molecular weight excluding hydrogens is 250 g/mol. The predicted molar refractivity (Wildman–Crippen MR) is 80.9 cm³/mol. The molecule has 0 spiro atoms. The standard InChI is InChI=1S/C16H23N3O/c1-4-16(14-6-8-15(20-3)9-7-14)18-13(2)12-19-11-5-10-17-19/h5-11,13,16,18H,4,12H2,1-3H3. The van der Waals surface area contributed by atoms with Crippen LogP contribution in [-0.4, -0.2) is 22.9 Å². The van der Waals surface area contributed by atoms with E-state index in [-0.39, 0.29) is 0 Å². The summed E-state index contributed by atoms with van der Waals surface area (Å²) in [6, 6.07) is 10.9. The Morgan fingerprint density at radius 2 is 2.05 bits per heavy atom. The van der Waals surface area contributed by atoms with E-state index in [0.29, 0.717) is 12.1 Å². The summed E-state index contributed by atoms with van der Waals surface area (Å²) in [5.74, 6) is 0.896. The van der Waals surface area contributed by atoms with Crippen molar-refractivity contribution in [1.82, 2.24) is 15.1 Å². The highest BCUT2D eigenvalue weighted by Gasteiger charge is 2.13. The van der Waals surface area contributed by atoms with Crippen molar-refractivity contribution >= 4 is 0 Å². The summed E-state index contributed by atoms with van der Waals surface area (Å²) in [5, 5.41) is 7.90. The van der Waals surface area contributed by atoms with Gasteiger partial charge < -0.3 is 10.1 Å². The van der Waals surface area contributed by atoms with Crippen molar-refractivity contribution in [1.29, 1.82) is 0 Å². The fourth-order valence-electron chi connectivity index (χ4n) is 2.37. The van der Waals surface area contributed by atoms with Crippen molar-refractivity contribution < 1.29 is 4.74 Å². The summed E-state index contributed by atoms with van der Waals surface area (Å²) >= 11 is 0. The van der Waals surface area contributed by atoms with Gasteiger partial charge in [0.2, 0.25) is 0 Å². The lowest BCUT2D eigenvalue weighted by Gasteiger charge is -2.23. The number of aromatic nitrogens is 2. The molecule has 2 atom stereocenters. The Hall–Kier alpha value is -1.81. The van der Waals surface area contributed by atoms with Crippen molar-refractivity contribution in [3.63, 3.8) is 0 Å². The molecule has 20 heavy (non-hydrogen) atoms. The molecule has 2 aromatic rings. The van der Waals surface area contributed by atoms with Crippen LogP contribution in [0.3, 0.4) is 0 Å². The lowest BCUT2D eigenvalue weighted by molar-refractivity contribution is 0.391. The molecule has 0 aliphatic rings. The van der Waals surface area contributed by atoms with Gasteiger partial charge in [-0.1, -0.05) is 19.1 Å². The van der Waals surface area contributed by atoms with Gasteiger partial charge in [0.1, 0.15) is 5.75 Å². The Balaban J connectivity index is 1.96. The highest BCUT2D eigenvalue weighted by Crippen LogP contribution is 2.20. The van der Waals surface area contributed by atoms with E-state index in [1.165, 1.54) is 5.56 Å². The minimum atomic E-state index is 0.353. The molecule has 0 fully saturated rings. The molecule has 108 valence electrons. The van der Waals surface area contributed by atoms with E-state index in [4.69, 9.17) is 4.74 Å². The lowest BCUT2D eigenvalue weighted by atomic mass is 10.0. The first kappa shape index (κ1) is 14.6. The molecule has 1 N–H and O–H groups in total. The summed E-state index contributed by atoms with van der Waals surface area (Å²) < 4.78 is 7.16. The molecule has 0 bridgehead atoms. The number of ether oxygens (including phenoxy) is 1. The first-order valence-corrected chi connectivity index (χ1v) is 7.10. The fourth-order valence-corrected chi connectivity index (χ4v) is 2.37. The lowest BCUT2D eigenvalue weighted by Crippen LogP contribution is -2.33. The van der Waals surface area contributed by atoms with Crippen molar-refractivity contribution in [2.24, 2.45) is 0 Å². The Morgan fingerprint density at radius 3 is 2.60 bits per heavy atom. The second-order valence-corrected chi connectivity index (χ2v) is 5.03. The molecule has 0 amide bonds. The zero-order valence-electron chi connectivity index (χ0n) is 12.4. The average molecular weight is 273 g/mol. The first-order valence-electron chi connectivity index (χ1n) is 7.10. The smallest absolute Gasteiger partial charge is 0.118 e. The largest absolute Gasteiger partial charge is 0.497 e. The second-order valence-electron chi connectivity index (χ2n) is 5.03. The molecular formula is C16H23N3O. The Bertz CT molecular complexity index is 493. The molecule has 2 unspecified atom stereocenters. The number of hydrogen-bond acceptors (Lipinski definition) is 3. The number of rotatable bonds is 7. The number of benzene rings is 1. The number of hydrogen-bond donors (Lipinski definition) is 1. The maximum Gasteiger partial charge on any atom is 0.118 e. The molecule has 0 saturated heterocycles.